The molecule has 0 aromatic rings. The predicted molar refractivity (Wildman–Crippen MR) is 67.6 cm³/mol. The number of carbonyl (C=O) groups is 2. The number of nitrogens with zero attached hydrogens (tertiary/aromatic N) is 1. The highest BCUT2D eigenvalue weighted by Gasteiger charge is 2.01. The SMILES string of the molecule is CCCCNC1=NCCN1.O=C(O)/C=C/C(=O)O. The molecule has 0 fully saturated rings. The van der Waals surface area contributed by atoms with Crippen LogP contribution in [-0.2, 0) is 9.59 Å². The topological polar surface area (TPSA) is 111 Å². The van der Waals surface area contributed by atoms with Gasteiger partial charge in [0.05, 0.1) is 6.54 Å². The van der Waals surface area contributed by atoms with Crippen molar-refractivity contribution in [3.63, 3.8) is 0 Å². The third-order valence-corrected chi connectivity index (χ3v) is 1.87. The lowest BCUT2D eigenvalue weighted by Gasteiger charge is -2.03. The highest BCUT2D eigenvalue weighted by Crippen LogP contribution is 1.85. The minimum Gasteiger partial charge on any atom is -0.478 e. The van der Waals surface area contributed by atoms with Gasteiger partial charge in [-0.15, -0.1) is 0 Å². The zero-order chi connectivity index (χ0) is 13.8. The molecule has 0 aromatic heterocycles. The van der Waals surface area contributed by atoms with Crippen molar-refractivity contribution < 1.29 is 19.8 Å². The average Bonchev–Trinajstić information content (AvgIpc) is 2.81. The zero-order valence-electron chi connectivity index (χ0n) is 10.3. The summed E-state index contributed by atoms with van der Waals surface area (Å²) in [4.78, 5) is 23.3. The second kappa shape index (κ2) is 10.1. The molecule has 0 atom stereocenters. The maximum absolute atomic E-state index is 9.55. The number of hydrogen-bond donors (Lipinski definition) is 4. The van der Waals surface area contributed by atoms with Gasteiger partial charge in [0.25, 0.3) is 0 Å². The van der Waals surface area contributed by atoms with Gasteiger partial charge in [0, 0.05) is 25.2 Å². The molecule has 1 aliphatic rings. The molecule has 7 nitrogen and oxygen atoms in total. The molecule has 0 spiro atoms. The van der Waals surface area contributed by atoms with Crippen molar-refractivity contribution in [1.82, 2.24) is 10.6 Å². The fraction of sp³-hybridized carbons (Fsp3) is 0.545. The first kappa shape index (κ1) is 16.0. The van der Waals surface area contributed by atoms with Crippen LogP contribution in [-0.4, -0.2) is 47.7 Å². The maximum Gasteiger partial charge on any atom is 0.328 e. The van der Waals surface area contributed by atoms with E-state index in [0.717, 1.165) is 25.6 Å². The molecule has 0 saturated carbocycles. The molecular weight excluding hydrogens is 238 g/mol. The van der Waals surface area contributed by atoms with Gasteiger partial charge < -0.3 is 20.8 Å². The molecule has 0 amide bonds. The Morgan fingerprint density at radius 3 is 2.39 bits per heavy atom. The van der Waals surface area contributed by atoms with Crippen LogP contribution in [0.3, 0.4) is 0 Å². The van der Waals surface area contributed by atoms with Gasteiger partial charge >= 0.3 is 11.9 Å². The van der Waals surface area contributed by atoms with Crippen molar-refractivity contribution in [3.05, 3.63) is 12.2 Å². The number of unbranched alkanes of at least 4 members (excludes halogenated alkanes) is 1. The fourth-order valence-electron chi connectivity index (χ4n) is 1.04. The second-order valence-corrected chi connectivity index (χ2v) is 3.45. The van der Waals surface area contributed by atoms with E-state index in [0.29, 0.717) is 12.2 Å². The Morgan fingerprint density at radius 2 is 2.00 bits per heavy atom. The van der Waals surface area contributed by atoms with Crippen LogP contribution in [0.15, 0.2) is 17.1 Å². The molecule has 0 saturated heterocycles. The molecule has 1 rings (SSSR count). The molecule has 0 bridgehead atoms. The lowest BCUT2D eigenvalue weighted by atomic mass is 10.3. The molecule has 0 aliphatic carbocycles. The van der Waals surface area contributed by atoms with Crippen LogP contribution in [0.2, 0.25) is 0 Å². The van der Waals surface area contributed by atoms with E-state index in [9.17, 15) is 9.59 Å². The van der Waals surface area contributed by atoms with E-state index in [-0.39, 0.29) is 0 Å². The van der Waals surface area contributed by atoms with Crippen LogP contribution in [0.5, 0.6) is 0 Å². The number of hydrogen-bond acceptors (Lipinski definition) is 5. The standard InChI is InChI=1S/C7H15N3.C4H4O4/c1-2-3-4-8-7-9-5-6-10-7;5-3(6)1-2-4(7)8/h2-6H2,1H3,(H2,8,9,10);1-2H,(H,5,6)(H,7,8)/b;2-1+. The number of aliphatic carboxylic acids is 2. The van der Waals surface area contributed by atoms with Gasteiger partial charge in [-0.25, -0.2) is 9.59 Å². The van der Waals surface area contributed by atoms with Crippen LogP contribution in [0.4, 0.5) is 0 Å². The van der Waals surface area contributed by atoms with Gasteiger partial charge in [-0.05, 0) is 6.42 Å². The van der Waals surface area contributed by atoms with E-state index in [1.54, 1.807) is 0 Å². The van der Waals surface area contributed by atoms with Crippen molar-refractivity contribution in [2.24, 2.45) is 4.99 Å². The summed E-state index contributed by atoms with van der Waals surface area (Å²) in [6.45, 7) is 5.15. The summed E-state index contributed by atoms with van der Waals surface area (Å²) in [5, 5.41) is 22.0. The molecule has 0 aromatic carbocycles. The Kier molecular flexibility index (Phi) is 8.97. The largest absolute Gasteiger partial charge is 0.478 e. The van der Waals surface area contributed by atoms with E-state index in [4.69, 9.17) is 10.2 Å². The average molecular weight is 257 g/mol. The number of rotatable bonds is 5. The first-order chi connectivity index (χ1) is 8.56. The lowest BCUT2D eigenvalue weighted by molar-refractivity contribution is -0.134. The van der Waals surface area contributed by atoms with E-state index in [1.165, 1.54) is 12.8 Å². The molecule has 1 heterocycles. The normalized spacial score (nSPS) is 13.3. The van der Waals surface area contributed by atoms with Crippen molar-refractivity contribution in [2.75, 3.05) is 19.6 Å². The molecular formula is C11H19N3O4. The Balaban J connectivity index is 0.000000331. The molecule has 18 heavy (non-hydrogen) atoms. The Labute approximate surface area is 106 Å². The van der Waals surface area contributed by atoms with Crippen molar-refractivity contribution in [2.45, 2.75) is 19.8 Å². The molecule has 0 radical (unpaired) electrons. The quantitative estimate of drug-likeness (QED) is 0.409. The fourth-order valence-corrected chi connectivity index (χ4v) is 1.04. The van der Waals surface area contributed by atoms with Crippen LogP contribution >= 0.6 is 0 Å². The summed E-state index contributed by atoms with van der Waals surface area (Å²) >= 11 is 0. The van der Waals surface area contributed by atoms with Gasteiger partial charge in [0.1, 0.15) is 0 Å². The van der Waals surface area contributed by atoms with E-state index in [1.807, 2.05) is 0 Å². The van der Waals surface area contributed by atoms with E-state index < -0.39 is 11.9 Å². The highest BCUT2D eigenvalue weighted by atomic mass is 16.4. The third-order valence-electron chi connectivity index (χ3n) is 1.87. The summed E-state index contributed by atoms with van der Waals surface area (Å²) in [7, 11) is 0. The molecule has 102 valence electrons. The van der Waals surface area contributed by atoms with Gasteiger partial charge in [-0.2, -0.15) is 0 Å². The third kappa shape index (κ3) is 10.5. The minimum absolute atomic E-state index is 0.558. The second-order valence-electron chi connectivity index (χ2n) is 3.45. The van der Waals surface area contributed by atoms with Gasteiger partial charge in [-0.3, -0.25) is 4.99 Å². The van der Waals surface area contributed by atoms with Crippen LogP contribution in [0, 0.1) is 0 Å². The molecule has 0 unspecified atom stereocenters. The lowest BCUT2D eigenvalue weighted by Crippen LogP contribution is -2.34. The predicted octanol–water partition coefficient (Wildman–Crippen LogP) is 0.0471. The highest BCUT2D eigenvalue weighted by molar-refractivity contribution is 5.89. The molecule has 1 aliphatic heterocycles. The number of nitrogens with one attached hydrogen (secondary N) is 2. The smallest absolute Gasteiger partial charge is 0.328 e. The summed E-state index contributed by atoms with van der Waals surface area (Å²) in [5.41, 5.74) is 0. The number of carboxylic acid groups (broad SMARTS) is 2. The van der Waals surface area contributed by atoms with Crippen molar-refractivity contribution >= 4 is 17.9 Å². The summed E-state index contributed by atoms with van der Waals surface area (Å²) < 4.78 is 0. The molecule has 7 heteroatoms. The number of aliphatic imine (C=N–C) groups is 1. The maximum atomic E-state index is 9.55. The van der Waals surface area contributed by atoms with Gasteiger partial charge in [0.15, 0.2) is 5.96 Å². The van der Waals surface area contributed by atoms with Gasteiger partial charge in [-0.1, -0.05) is 13.3 Å². The summed E-state index contributed by atoms with van der Waals surface area (Å²) in [5.74, 6) is -1.53. The van der Waals surface area contributed by atoms with Gasteiger partial charge in [0.2, 0.25) is 0 Å². The number of carboxylic acids is 2. The van der Waals surface area contributed by atoms with E-state index >= 15 is 0 Å². The first-order valence-electron chi connectivity index (χ1n) is 5.72. The van der Waals surface area contributed by atoms with Crippen molar-refractivity contribution in [1.29, 1.82) is 0 Å². The Bertz CT molecular complexity index is 310. The Morgan fingerprint density at radius 1 is 1.39 bits per heavy atom. The van der Waals surface area contributed by atoms with Crippen LogP contribution in [0.1, 0.15) is 19.8 Å². The first-order valence-corrected chi connectivity index (χ1v) is 5.72. The number of guanidine groups is 1. The van der Waals surface area contributed by atoms with E-state index in [2.05, 4.69) is 22.5 Å². The monoisotopic (exact) mass is 257 g/mol. The molecule has 4 N–H and O–H groups in total. The van der Waals surface area contributed by atoms with Crippen LogP contribution < -0.4 is 10.6 Å². The summed E-state index contributed by atoms with van der Waals surface area (Å²) in [6, 6.07) is 0. The van der Waals surface area contributed by atoms with Crippen molar-refractivity contribution in [3.8, 4) is 0 Å². The minimum atomic E-state index is -1.26. The summed E-state index contributed by atoms with van der Waals surface area (Å²) in [6.07, 6.45) is 3.58. The zero-order valence-corrected chi connectivity index (χ0v) is 10.3. The van der Waals surface area contributed by atoms with Crippen LogP contribution in [0.25, 0.3) is 0 Å². The Hall–Kier alpha value is -2.05.